The third-order valence-electron chi connectivity index (χ3n) is 5.76. The van der Waals surface area contributed by atoms with E-state index in [0.29, 0.717) is 43.6 Å². The fraction of sp³-hybridized carbons (Fsp3) is 0.423. The molecule has 1 N–H and O–H groups in total. The number of carbonyl (C=O) groups excluding carboxylic acids is 1. The Balaban J connectivity index is 1.49. The molecule has 0 fully saturated rings. The Morgan fingerprint density at radius 3 is 2.82 bits per heavy atom. The van der Waals surface area contributed by atoms with Gasteiger partial charge in [-0.05, 0) is 43.0 Å². The van der Waals surface area contributed by atoms with Gasteiger partial charge in [0.25, 0.3) is 0 Å². The average Bonchev–Trinajstić information content (AvgIpc) is 3.33. The van der Waals surface area contributed by atoms with Crippen LogP contribution in [0.1, 0.15) is 37.3 Å². The van der Waals surface area contributed by atoms with Gasteiger partial charge < -0.3 is 14.8 Å². The summed E-state index contributed by atoms with van der Waals surface area (Å²) in [5, 5.41) is 6.02. The topological polar surface area (TPSA) is 76.6 Å². The van der Waals surface area contributed by atoms with Crippen LogP contribution in [0.4, 0.5) is 0 Å². The number of para-hydroxylation sites is 2. The lowest BCUT2D eigenvalue weighted by molar-refractivity contribution is -0.122. The number of fused-ring (bicyclic) bond motifs is 2. The lowest BCUT2D eigenvalue weighted by atomic mass is 9.88. The van der Waals surface area contributed by atoms with Crippen LogP contribution < -0.4 is 14.8 Å². The van der Waals surface area contributed by atoms with Crippen LogP contribution in [0.5, 0.6) is 17.4 Å². The number of amides is 1. The maximum absolute atomic E-state index is 12.7. The fourth-order valence-corrected chi connectivity index (χ4v) is 4.54. The molecule has 34 heavy (non-hydrogen) atoms. The number of ether oxygens (including phenoxy) is 2. The molecule has 1 aromatic carbocycles. The summed E-state index contributed by atoms with van der Waals surface area (Å²) in [5.74, 6) is 1.90. The highest BCUT2D eigenvalue weighted by atomic mass is 32.1. The summed E-state index contributed by atoms with van der Waals surface area (Å²) >= 11 is 1.61. The van der Waals surface area contributed by atoms with Crippen molar-refractivity contribution in [1.82, 2.24) is 20.2 Å². The van der Waals surface area contributed by atoms with Crippen molar-refractivity contribution in [3.63, 3.8) is 0 Å². The van der Waals surface area contributed by atoms with Gasteiger partial charge in [-0.3, -0.25) is 9.69 Å². The Hall–Kier alpha value is -2.97. The maximum atomic E-state index is 12.7. The number of nitrogens with one attached hydrogen (secondary N) is 1. The van der Waals surface area contributed by atoms with Gasteiger partial charge in [-0.2, -0.15) is 0 Å². The number of benzene rings is 1. The van der Waals surface area contributed by atoms with Crippen molar-refractivity contribution in [3.8, 4) is 17.4 Å². The summed E-state index contributed by atoms with van der Waals surface area (Å²) in [6, 6.07) is 11.6. The van der Waals surface area contributed by atoms with Gasteiger partial charge in [0.2, 0.25) is 11.8 Å². The van der Waals surface area contributed by atoms with Crippen molar-refractivity contribution >= 4 is 17.2 Å². The Labute approximate surface area is 205 Å². The van der Waals surface area contributed by atoms with Crippen molar-refractivity contribution < 1.29 is 14.3 Å². The van der Waals surface area contributed by atoms with Crippen LogP contribution in [-0.2, 0) is 17.8 Å². The van der Waals surface area contributed by atoms with Gasteiger partial charge in [0.05, 0.1) is 18.2 Å². The SMILES string of the molecule is CC1(C)CCCN(CC(=O)NCCc2nccs2)Cc2cccnc2Oc2ccccc2OC1. The number of thiazole rings is 1. The number of carbonyl (C=O) groups is 1. The monoisotopic (exact) mass is 480 g/mol. The van der Waals surface area contributed by atoms with E-state index in [2.05, 4.69) is 34.0 Å². The number of rotatable bonds is 5. The van der Waals surface area contributed by atoms with Crippen molar-refractivity contribution in [2.75, 3.05) is 26.2 Å². The molecule has 4 rings (SSSR count). The second-order valence-electron chi connectivity index (χ2n) is 9.31. The van der Waals surface area contributed by atoms with E-state index in [9.17, 15) is 4.79 Å². The molecule has 0 aliphatic carbocycles. The summed E-state index contributed by atoms with van der Waals surface area (Å²) in [6.07, 6.45) is 6.20. The van der Waals surface area contributed by atoms with Gasteiger partial charge in [0.1, 0.15) is 0 Å². The molecule has 0 bridgehead atoms. The summed E-state index contributed by atoms with van der Waals surface area (Å²) in [4.78, 5) is 23.7. The number of pyridine rings is 1. The van der Waals surface area contributed by atoms with Gasteiger partial charge in [-0.25, -0.2) is 9.97 Å². The van der Waals surface area contributed by atoms with Gasteiger partial charge in [0.15, 0.2) is 11.5 Å². The molecule has 3 heterocycles. The highest BCUT2D eigenvalue weighted by Crippen LogP contribution is 2.34. The van der Waals surface area contributed by atoms with Crippen LogP contribution in [0, 0.1) is 5.41 Å². The lowest BCUT2D eigenvalue weighted by Gasteiger charge is -2.27. The molecule has 180 valence electrons. The highest BCUT2D eigenvalue weighted by Gasteiger charge is 2.23. The molecule has 0 unspecified atom stereocenters. The van der Waals surface area contributed by atoms with Crippen LogP contribution in [0.25, 0.3) is 0 Å². The van der Waals surface area contributed by atoms with E-state index in [1.807, 2.05) is 41.8 Å². The predicted molar refractivity (Wildman–Crippen MR) is 133 cm³/mol. The van der Waals surface area contributed by atoms with Crippen molar-refractivity contribution in [2.24, 2.45) is 5.41 Å². The van der Waals surface area contributed by atoms with Crippen LogP contribution in [0.3, 0.4) is 0 Å². The van der Waals surface area contributed by atoms with Crippen LogP contribution in [-0.4, -0.2) is 47.0 Å². The molecule has 0 saturated carbocycles. The third-order valence-corrected chi connectivity index (χ3v) is 6.60. The first-order chi connectivity index (χ1) is 16.5. The van der Waals surface area contributed by atoms with E-state index < -0.39 is 0 Å². The lowest BCUT2D eigenvalue weighted by Crippen LogP contribution is -2.38. The summed E-state index contributed by atoms with van der Waals surface area (Å²) < 4.78 is 12.4. The molecule has 0 atom stereocenters. The van der Waals surface area contributed by atoms with Crippen LogP contribution in [0.15, 0.2) is 54.2 Å². The Bertz CT molecular complexity index is 1070. The van der Waals surface area contributed by atoms with E-state index in [-0.39, 0.29) is 11.3 Å². The van der Waals surface area contributed by atoms with E-state index in [0.717, 1.165) is 36.4 Å². The van der Waals surface area contributed by atoms with Crippen molar-refractivity contribution in [2.45, 2.75) is 39.7 Å². The first kappa shape index (κ1) is 24.2. The first-order valence-corrected chi connectivity index (χ1v) is 12.6. The summed E-state index contributed by atoms with van der Waals surface area (Å²) in [7, 11) is 0. The van der Waals surface area contributed by atoms with Gasteiger partial charge in [0, 0.05) is 42.8 Å². The molecule has 0 saturated heterocycles. The highest BCUT2D eigenvalue weighted by molar-refractivity contribution is 7.09. The van der Waals surface area contributed by atoms with E-state index in [4.69, 9.17) is 9.47 Å². The minimum atomic E-state index is -0.00605. The third kappa shape index (κ3) is 7.01. The molecule has 1 amide bonds. The molecular formula is C26H32N4O3S. The molecule has 0 spiro atoms. The average molecular weight is 481 g/mol. The minimum Gasteiger partial charge on any atom is -0.489 e. The normalized spacial score (nSPS) is 16.4. The molecule has 2 aromatic heterocycles. The molecule has 1 aliphatic heterocycles. The fourth-order valence-electron chi connectivity index (χ4n) is 3.92. The number of hydrogen-bond donors (Lipinski definition) is 1. The molecule has 3 aromatic rings. The van der Waals surface area contributed by atoms with E-state index >= 15 is 0 Å². The maximum Gasteiger partial charge on any atom is 0.234 e. The predicted octanol–water partition coefficient (Wildman–Crippen LogP) is 4.69. The van der Waals surface area contributed by atoms with E-state index in [1.165, 1.54) is 0 Å². The van der Waals surface area contributed by atoms with E-state index in [1.54, 1.807) is 23.7 Å². The van der Waals surface area contributed by atoms with Crippen LogP contribution >= 0.6 is 11.3 Å². The molecule has 7 nitrogen and oxygen atoms in total. The second-order valence-corrected chi connectivity index (χ2v) is 10.3. The van der Waals surface area contributed by atoms with Crippen molar-refractivity contribution in [1.29, 1.82) is 0 Å². The molecular weight excluding hydrogens is 448 g/mol. The molecule has 1 aliphatic rings. The quantitative estimate of drug-likeness (QED) is 0.571. The van der Waals surface area contributed by atoms with Gasteiger partial charge in [-0.1, -0.05) is 32.0 Å². The first-order valence-electron chi connectivity index (χ1n) is 11.7. The number of aromatic nitrogens is 2. The molecule has 0 radical (unpaired) electrons. The standard InChI is InChI=1S/C26H32N4O3S/c1-26(2)11-6-15-30(18-23(31)27-13-10-24-28-14-16-34-24)17-20-7-5-12-29-25(20)33-22-9-4-3-8-21(22)32-19-26/h3-5,7-9,12,14,16H,6,10-11,13,15,17-19H2,1-2H3,(H,27,31). The largest absolute Gasteiger partial charge is 0.489 e. The second kappa shape index (κ2) is 11.4. The Kier molecular flexibility index (Phi) is 8.13. The minimum absolute atomic E-state index is 0.00605. The zero-order valence-electron chi connectivity index (χ0n) is 19.8. The smallest absolute Gasteiger partial charge is 0.234 e. The zero-order valence-corrected chi connectivity index (χ0v) is 20.6. The summed E-state index contributed by atoms with van der Waals surface area (Å²) in [5.41, 5.74) is 0.930. The van der Waals surface area contributed by atoms with Gasteiger partial charge >= 0.3 is 0 Å². The van der Waals surface area contributed by atoms with Gasteiger partial charge in [-0.15, -0.1) is 11.3 Å². The number of nitrogens with zero attached hydrogens (tertiary/aromatic N) is 3. The Morgan fingerprint density at radius 2 is 2.00 bits per heavy atom. The summed E-state index contributed by atoms with van der Waals surface area (Å²) in [6.45, 7) is 7.28. The molecule has 8 heteroatoms. The van der Waals surface area contributed by atoms with Crippen LogP contribution in [0.2, 0.25) is 0 Å². The number of hydrogen-bond acceptors (Lipinski definition) is 7. The zero-order chi connectivity index (χ0) is 23.8. The van der Waals surface area contributed by atoms with Crippen molar-refractivity contribution in [3.05, 3.63) is 64.7 Å². The Morgan fingerprint density at radius 1 is 1.15 bits per heavy atom.